The summed E-state index contributed by atoms with van der Waals surface area (Å²) in [7, 11) is 0. The van der Waals surface area contributed by atoms with Crippen molar-refractivity contribution < 1.29 is 0 Å². The van der Waals surface area contributed by atoms with Crippen LogP contribution in [-0.4, -0.2) is 19.9 Å². The molecule has 0 spiro atoms. The molecule has 3 rings (SSSR count). The van der Waals surface area contributed by atoms with Gasteiger partial charge in [-0.25, -0.2) is 0 Å². The van der Waals surface area contributed by atoms with Crippen molar-refractivity contribution in [3.63, 3.8) is 0 Å². The third kappa shape index (κ3) is 2.62. The molecular formula is C16H13NOSe. The summed E-state index contributed by atoms with van der Waals surface area (Å²) < 4.78 is 2.09. The molecule has 0 aliphatic carbocycles. The summed E-state index contributed by atoms with van der Waals surface area (Å²) >= 11 is 0.0469. The first-order chi connectivity index (χ1) is 9.22. The number of aromatic amines is 1. The standard InChI is InChI=1S/C16H13NOSe/c1-11-6-8-13(9-7-11)19-15-10-12-4-2-3-5-14(12)17-16(15)18/h2-10H,1H3,(H,17,18). The molecule has 3 heteroatoms. The van der Waals surface area contributed by atoms with Gasteiger partial charge in [0.25, 0.3) is 0 Å². The van der Waals surface area contributed by atoms with Gasteiger partial charge in [0.1, 0.15) is 0 Å². The van der Waals surface area contributed by atoms with Gasteiger partial charge in [-0.2, -0.15) is 0 Å². The van der Waals surface area contributed by atoms with Crippen molar-refractivity contribution in [3.8, 4) is 0 Å². The van der Waals surface area contributed by atoms with Crippen LogP contribution in [0.3, 0.4) is 0 Å². The van der Waals surface area contributed by atoms with Crippen molar-refractivity contribution in [2.75, 3.05) is 0 Å². The Morgan fingerprint density at radius 3 is 2.53 bits per heavy atom. The van der Waals surface area contributed by atoms with Crippen molar-refractivity contribution in [2.24, 2.45) is 0 Å². The molecule has 2 nitrogen and oxygen atoms in total. The molecule has 0 atom stereocenters. The molecule has 0 radical (unpaired) electrons. The van der Waals surface area contributed by atoms with Gasteiger partial charge in [-0.3, -0.25) is 0 Å². The third-order valence-electron chi connectivity index (χ3n) is 2.97. The van der Waals surface area contributed by atoms with E-state index in [9.17, 15) is 4.79 Å². The van der Waals surface area contributed by atoms with Gasteiger partial charge in [-0.1, -0.05) is 0 Å². The minimum atomic E-state index is 0.0271. The Kier molecular flexibility index (Phi) is 3.24. The summed E-state index contributed by atoms with van der Waals surface area (Å²) in [5.41, 5.74) is 2.17. The van der Waals surface area contributed by atoms with Crippen LogP contribution in [-0.2, 0) is 0 Å². The quantitative estimate of drug-likeness (QED) is 0.714. The van der Waals surface area contributed by atoms with Gasteiger partial charge < -0.3 is 0 Å². The molecule has 0 fully saturated rings. The van der Waals surface area contributed by atoms with E-state index in [-0.39, 0.29) is 20.5 Å². The van der Waals surface area contributed by atoms with E-state index in [1.54, 1.807) is 0 Å². The number of hydrogen-bond donors (Lipinski definition) is 1. The van der Waals surface area contributed by atoms with E-state index in [1.165, 1.54) is 10.0 Å². The van der Waals surface area contributed by atoms with Gasteiger partial charge in [-0.15, -0.1) is 0 Å². The fourth-order valence-corrected chi connectivity index (χ4v) is 3.73. The second-order valence-corrected chi connectivity index (χ2v) is 6.81. The van der Waals surface area contributed by atoms with E-state index in [0.29, 0.717) is 0 Å². The maximum absolute atomic E-state index is 12.1. The van der Waals surface area contributed by atoms with Crippen LogP contribution in [0.1, 0.15) is 5.56 Å². The van der Waals surface area contributed by atoms with Gasteiger partial charge in [0.15, 0.2) is 0 Å². The normalized spacial score (nSPS) is 10.8. The minimum absolute atomic E-state index is 0.0271. The number of benzene rings is 2. The second-order valence-electron chi connectivity index (χ2n) is 4.47. The Morgan fingerprint density at radius 1 is 1.00 bits per heavy atom. The molecule has 0 aliphatic rings. The Bertz CT molecular complexity index is 775. The molecule has 1 aromatic heterocycles. The molecule has 0 aliphatic heterocycles. The SMILES string of the molecule is Cc1ccc([Se]c2cc3ccccc3[nH]c2=O)cc1. The number of rotatable bonds is 2. The molecule has 0 amide bonds. The second kappa shape index (κ2) is 5.04. The van der Waals surface area contributed by atoms with E-state index in [1.807, 2.05) is 30.3 Å². The molecule has 0 bridgehead atoms. The molecule has 2 aromatic carbocycles. The first-order valence-corrected chi connectivity index (χ1v) is 7.80. The predicted octanol–water partition coefficient (Wildman–Crippen LogP) is 1.49. The van der Waals surface area contributed by atoms with Crippen molar-refractivity contribution in [1.82, 2.24) is 4.98 Å². The molecule has 19 heavy (non-hydrogen) atoms. The molecule has 0 unspecified atom stereocenters. The first kappa shape index (κ1) is 12.2. The van der Waals surface area contributed by atoms with E-state index >= 15 is 0 Å². The van der Waals surface area contributed by atoms with Gasteiger partial charge in [-0.05, 0) is 0 Å². The zero-order valence-electron chi connectivity index (χ0n) is 10.5. The Balaban J connectivity index is 2.03. The molecule has 0 saturated heterocycles. The van der Waals surface area contributed by atoms with Gasteiger partial charge in [0, 0.05) is 0 Å². The van der Waals surface area contributed by atoms with Crippen LogP contribution in [0.5, 0.6) is 0 Å². The molecule has 1 heterocycles. The van der Waals surface area contributed by atoms with Crippen LogP contribution < -0.4 is 14.5 Å². The number of aromatic nitrogens is 1. The summed E-state index contributed by atoms with van der Waals surface area (Å²) in [6, 6.07) is 18.3. The number of nitrogens with one attached hydrogen (secondary N) is 1. The predicted molar refractivity (Wildman–Crippen MR) is 80.8 cm³/mol. The van der Waals surface area contributed by atoms with Crippen LogP contribution in [0.15, 0.2) is 59.4 Å². The van der Waals surface area contributed by atoms with E-state index in [4.69, 9.17) is 0 Å². The van der Waals surface area contributed by atoms with Gasteiger partial charge in [0.2, 0.25) is 0 Å². The number of fused-ring (bicyclic) bond motifs is 1. The molecule has 1 N–H and O–H groups in total. The fourth-order valence-electron chi connectivity index (χ4n) is 1.94. The molecule has 0 saturated carbocycles. The molecular weight excluding hydrogens is 301 g/mol. The van der Waals surface area contributed by atoms with Crippen molar-refractivity contribution >= 4 is 34.8 Å². The van der Waals surface area contributed by atoms with Crippen LogP contribution >= 0.6 is 0 Å². The molecule has 94 valence electrons. The summed E-state index contributed by atoms with van der Waals surface area (Å²) in [6.45, 7) is 2.07. The number of aryl methyl sites for hydroxylation is 1. The number of pyridine rings is 1. The van der Waals surface area contributed by atoms with E-state index < -0.39 is 0 Å². The summed E-state index contributed by atoms with van der Waals surface area (Å²) in [6.07, 6.45) is 0. The summed E-state index contributed by atoms with van der Waals surface area (Å²) in [4.78, 5) is 15.0. The number of H-pyrrole nitrogens is 1. The Labute approximate surface area is 117 Å². The van der Waals surface area contributed by atoms with Crippen molar-refractivity contribution in [3.05, 3.63) is 70.5 Å². The number of hydrogen-bond acceptors (Lipinski definition) is 1. The van der Waals surface area contributed by atoms with Gasteiger partial charge in [0.05, 0.1) is 0 Å². The van der Waals surface area contributed by atoms with Crippen LogP contribution in [0, 0.1) is 6.92 Å². The average Bonchev–Trinajstić information content (AvgIpc) is 2.42. The van der Waals surface area contributed by atoms with Gasteiger partial charge >= 0.3 is 117 Å². The van der Waals surface area contributed by atoms with E-state index in [2.05, 4.69) is 36.2 Å². The molecule has 3 aromatic rings. The van der Waals surface area contributed by atoms with Crippen LogP contribution in [0.25, 0.3) is 10.9 Å². The Hall–Kier alpha value is -1.83. The average molecular weight is 314 g/mol. The van der Waals surface area contributed by atoms with Crippen LogP contribution in [0.2, 0.25) is 0 Å². The number of para-hydroxylation sites is 1. The van der Waals surface area contributed by atoms with Crippen molar-refractivity contribution in [2.45, 2.75) is 6.92 Å². The topological polar surface area (TPSA) is 32.9 Å². The Morgan fingerprint density at radius 2 is 1.74 bits per heavy atom. The monoisotopic (exact) mass is 315 g/mol. The summed E-state index contributed by atoms with van der Waals surface area (Å²) in [5.74, 6) is 0. The first-order valence-electron chi connectivity index (χ1n) is 6.09. The van der Waals surface area contributed by atoms with Crippen LogP contribution in [0.4, 0.5) is 0 Å². The van der Waals surface area contributed by atoms with Crippen molar-refractivity contribution in [1.29, 1.82) is 0 Å². The zero-order chi connectivity index (χ0) is 13.2. The van der Waals surface area contributed by atoms with E-state index in [0.717, 1.165) is 15.4 Å². The fraction of sp³-hybridized carbons (Fsp3) is 0.0625. The zero-order valence-corrected chi connectivity index (χ0v) is 12.2. The summed E-state index contributed by atoms with van der Waals surface area (Å²) in [5, 5.41) is 1.09. The third-order valence-corrected chi connectivity index (χ3v) is 5.13. The maximum atomic E-state index is 12.1.